The minimum atomic E-state index is -0.279. The number of halogens is 1. The molecule has 1 aromatic carbocycles. The molecule has 25 heavy (non-hydrogen) atoms. The quantitative estimate of drug-likeness (QED) is 0.759. The zero-order valence-corrected chi connectivity index (χ0v) is 15.6. The third-order valence-corrected chi connectivity index (χ3v) is 6.13. The Morgan fingerprint density at radius 1 is 1.12 bits per heavy atom. The van der Waals surface area contributed by atoms with E-state index in [1.807, 2.05) is 4.90 Å². The highest BCUT2D eigenvalue weighted by Gasteiger charge is 2.26. The zero-order valence-electron chi connectivity index (χ0n) is 15.6. The van der Waals surface area contributed by atoms with Crippen LogP contribution in [0.25, 0.3) is 0 Å². The summed E-state index contributed by atoms with van der Waals surface area (Å²) in [7, 11) is 0. The molecule has 138 valence electrons. The van der Waals surface area contributed by atoms with E-state index in [4.69, 9.17) is 0 Å². The second-order valence-electron chi connectivity index (χ2n) is 8.19. The molecule has 0 bridgehead atoms. The molecule has 2 amide bonds. The van der Waals surface area contributed by atoms with Gasteiger partial charge in [0.2, 0.25) is 0 Å². The standard InChI is InChI=1S/C21H31FN2O/c1-15-3-6-17(7-4-15)13-18-9-11-24(12-10-18)21(25)23-19-8-5-16(2)20(22)14-19/h5,8,14-15,17-18H,3-4,6-7,9-13H2,1-2H3,(H,23,25). The Kier molecular flexibility index (Phi) is 5.98. The molecule has 1 heterocycles. The highest BCUT2D eigenvalue weighted by atomic mass is 19.1. The number of aryl methyl sites for hydroxylation is 1. The molecule has 4 heteroatoms. The number of carbonyl (C=O) groups is 1. The van der Waals surface area contributed by atoms with Crippen molar-refractivity contribution in [3.05, 3.63) is 29.6 Å². The van der Waals surface area contributed by atoms with Crippen LogP contribution in [0.2, 0.25) is 0 Å². The fourth-order valence-electron chi connectivity index (χ4n) is 4.28. The van der Waals surface area contributed by atoms with Crippen molar-refractivity contribution in [2.45, 2.75) is 58.8 Å². The van der Waals surface area contributed by atoms with Gasteiger partial charge in [-0.3, -0.25) is 0 Å². The number of likely N-dealkylation sites (tertiary alicyclic amines) is 1. The first-order valence-corrected chi connectivity index (χ1v) is 9.83. The van der Waals surface area contributed by atoms with Crippen LogP contribution in [0.3, 0.4) is 0 Å². The van der Waals surface area contributed by atoms with E-state index in [0.29, 0.717) is 11.3 Å². The minimum Gasteiger partial charge on any atom is -0.325 e. The van der Waals surface area contributed by atoms with Crippen LogP contribution < -0.4 is 5.32 Å². The molecule has 3 rings (SSSR count). The number of amides is 2. The second-order valence-corrected chi connectivity index (χ2v) is 8.19. The van der Waals surface area contributed by atoms with Crippen LogP contribution >= 0.6 is 0 Å². The predicted molar refractivity (Wildman–Crippen MR) is 100 cm³/mol. The predicted octanol–water partition coefficient (Wildman–Crippen LogP) is 5.59. The maximum Gasteiger partial charge on any atom is 0.321 e. The number of nitrogens with zero attached hydrogens (tertiary/aromatic N) is 1. The maximum absolute atomic E-state index is 13.6. The summed E-state index contributed by atoms with van der Waals surface area (Å²) in [6, 6.07) is 4.74. The Balaban J connectivity index is 1.43. The molecule has 1 aliphatic carbocycles. The Morgan fingerprint density at radius 3 is 2.40 bits per heavy atom. The van der Waals surface area contributed by atoms with Crippen LogP contribution in [-0.2, 0) is 0 Å². The molecule has 1 N–H and O–H groups in total. The lowest BCUT2D eigenvalue weighted by Gasteiger charge is -2.35. The van der Waals surface area contributed by atoms with Crippen LogP contribution in [0.5, 0.6) is 0 Å². The molecule has 0 unspecified atom stereocenters. The van der Waals surface area contributed by atoms with Crippen LogP contribution in [0.1, 0.15) is 57.4 Å². The van der Waals surface area contributed by atoms with Crippen LogP contribution in [-0.4, -0.2) is 24.0 Å². The van der Waals surface area contributed by atoms with E-state index in [0.717, 1.165) is 43.7 Å². The lowest BCUT2D eigenvalue weighted by atomic mass is 9.77. The van der Waals surface area contributed by atoms with E-state index in [2.05, 4.69) is 12.2 Å². The third-order valence-electron chi connectivity index (χ3n) is 6.13. The average molecular weight is 346 g/mol. The van der Waals surface area contributed by atoms with Gasteiger partial charge in [0.25, 0.3) is 0 Å². The molecule has 2 aliphatic rings. The number of anilines is 1. The Morgan fingerprint density at radius 2 is 1.76 bits per heavy atom. The van der Waals surface area contributed by atoms with Gasteiger partial charge in [0.15, 0.2) is 0 Å². The summed E-state index contributed by atoms with van der Waals surface area (Å²) >= 11 is 0. The lowest BCUT2D eigenvalue weighted by Crippen LogP contribution is -2.41. The van der Waals surface area contributed by atoms with E-state index in [1.165, 1.54) is 38.2 Å². The largest absolute Gasteiger partial charge is 0.325 e. The fraction of sp³-hybridized carbons (Fsp3) is 0.667. The number of hydrogen-bond donors (Lipinski definition) is 1. The molecule has 0 radical (unpaired) electrons. The number of urea groups is 1. The summed E-state index contributed by atoms with van der Waals surface area (Å²) in [5.41, 5.74) is 1.13. The van der Waals surface area contributed by atoms with Crippen molar-refractivity contribution in [3.63, 3.8) is 0 Å². The monoisotopic (exact) mass is 346 g/mol. The van der Waals surface area contributed by atoms with Gasteiger partial charge >= 0.3 is 6.03 Å². The van der Waals surface area contributed by atoms with Gasteiger partial charge in [0.05, 0.1) is 0 Å². The second kappa shape index (κ2) is 8.20. The average Bonchev–Trinajstić information content (AvgIpc) is 2.61. The fourth-order valence-corrected chi connectivity index (χ4v) is 4.28. The van der Waals surface area contributed by atoms with Crippen molar-refractivity contribution in [2.24, 2.45) is 17.8 Å². The number of benzene rings is 1. The maximum atomic E-state index is 13.6. The summed E-state index contributed by atoms with van der Waals surface area (Å²) < 4.78 is 13.6. The number of hydrogen-bond acceptors (Lipinski definition) is 1. The van der Waals surface area contributed by atoms with Crippen molar-refractivity contribution in [3.8, 4) is 0 Å². The molecule has 1 saturated heterocycles. The van der Waals surface area contributed by atoms with Crippen LogP contribution in [0.4, 0.5) is 14.9 Å². The molecule has 0 atom stereocenters. The minimum absolute atomic E-state index is 0.104. The van der Waals surface area contributed by atoms with E-state index in [9.17, 15) is 9.18 Å². The van der Waals surface area contributed by atoms with Gasteiger partial charge < -0.3 is 10.2 Å². The van der Waals surface area contributed by atoms with E-state index < -0.39 is 0 Å². The molecular formula is C21H31FN2O. The Labute approximate surface area is 151 Å². The van der Waals surface area contributed by atoms with Crippen molar-refractivity contribution in [2.75, 3.05) is 18.4 Å². The van der Waals surface area contributed by atoms with Gasteiger partial charge in [-0.25, -0.2) is 9.18 Å². The lowest BCUT2D eigenvalue weighted by molar-refractivity contribution is 0.162. The SMILES string of the molecule is Cc1ccc(NC(=O)N2CCC(CC3CCC(C)CC3)CC2)cc1F. The van der Waals surface area contributed by atoms with Crippen molar-refractivity contribution >= 4 is 11.7 Å². The molecule has 0 spiro atoms. The topological polar surface area (TPSA) is 32.3 Å². The van der Waals surface area contributed by atoms with Crippen LogP contribution in [0, 0.1) is 30.5 Å². The number of piperidine rings is 1. The Hall–Kier alpha value is -1.58. The normalized spacial score (nSPS) is 25.0. The van der Waals surface area contributed by atoms with Gasteiger partial charge in [0, 0.05) is 18.8 Å². The zero-order chi connectivity index (χ0) is 17.8. The molecule has 2 fully saturated rings. The summed E-state index contributed by atoms with van der Waals surface area (Å²) in [6.45, 7) is 5.72. The van der Waals surface area contributed by atoms with Gasteiger partial charge in [-0.05, 0) is 61.6 Å². The molecule has 1 aliphatic heterocycles. The highest BCUT2D eigenvalue weighted by molar-refractivity contribution is 5.89. The van der Waals surface area contributed by atoms with Gasteiger partial charge in [-0.2, -0.15) is 0 Å². The highest BCUT2D eigenvalue weighted by Crippen LogP contribution is 2.35. The van der Waals surface area contributed by atoms with Gasteiger partial charge in [-0.15, -0.1) is 0 Å². The summed E-state index contributed by atoms with van der Waals surface area (Å²) in [5.74, 6) is 2.29. The summed E-state index contributed by atoms with van der Waals surface area (Å²) in [5, 5.41) is 2.83. The third kappa shape index (κ3) is 4.96. The molecular weight excluding hydrogens is 315 g/mol. The first kappa shape index (κ1) is 18.2. The van der Waals surface area contributed by atoms with Crippen molar-refractivity contribution in [1.82, 2.24) is 4.90 Å². The van der Waals surface area contributed by atoms with Crippen molar-refractivity contribution < 1.29 is 9.18 Å². The number of nitrogens with one attached hydrogen (secondary N) is 1. The Bertz CT molecular complexity index is 588. The first-order valence-electron chi connectivity index (χ1n) is 9.83. The summed E-state index contributed by atoms with van der Waals surface area (Å²) in [6.07, 6.45) is 9.09. The molecule has 1 aromatic rings. The molecule has 0 aromatic heterocycles. The summed E-state index contributed by atoms with van der Waals surface area (Å²) in [4.78, 5) is 14.3. The smallest absolute Gasteiger partial charge is 0.321 e. The van der Waals surface area contributed by atoms with Crippen LogP contribution in [0.15, 0.2) is 18.2 Å². The number of rotatable bonds is 3. The van der Waals surface area contributed by atoms with Crippen molar-refractivity contribution in [1.29, 1.82) is 0 Å². The van der Waals surface area contributed by atoms with Gasteiger partial charge in [-0.1, -0.05) is 38.7 Å². The first-order chi connectivity index (χ1) is 12.0. The van der Waals surface area contributed by atoms with E-state index in [1.54, 1.807) is 19.1 Å². The molecule has 1 saturated carbocycles. The molecule has 3 nitrogen and oxygen atoms in total. The van der Waals surface area contributed by atoms with E-state index >= 15 is 0 Å². The van der Waals surface area contributed by atoms with E-state index in [-0.39, 0.29) is 11.8 Å². The van der Waals surface area contributed by atoms with Gasteiger partial charge in [0.1, 0.15) is 5.82 Å². The number of carbonyl (C=O) groups excluding carboxylic acids is 1.